The third-order valence-electron chi connectivity index (χ3n) is 8.15. The Morgan fingerprint density at radius 1 is 1.13 bits per heavy atom. The van der Waals surface area contributed by atoms with Crippen LogP contribution in [0.15, 0.2) is 58.1 Å². The zero-order valence-electron chi connectivity index (χ0n) is 25.4. The van der Waals surface area contributed by atoms with E-state index >= 15 is 0 Å². The fourth-order valence-electron chi connectivity index (χ4n) is 5.53. The molecule has 0 saturated heterocycles. The first-order chi connectivity index (χ1) is 18.2. The molecule has 0 bridgehead atoms. The van der Waals surface area contributed by atoms with Crippen LogP contribution < -0.4 is 0 Å². The summed E-state index contributed by atoms with van der Waals surface area (Å²) >= 11 is 0. The number of hydrogen-bond acceptors (Lipinski definition) is 6. The number of allylic oxidation sites excluding steroid dienone is 8. The SMILES string of the molecule is C=C(C)C(CC=C(C)C)CC1(CC=C(C)C)C(=O)C(C(CCC)CC(=O)OC)=C(O)C2=C1O[C@H](C)[C@@H](C)C2=O. The van der Waals surface area contributed by atoms with Crippen molar-refractivity contribution in [3.05, 3.63) is 58.1 Å². The van der Waals surface area contributed by atoms with Crippen molar-refractivity contribution in [2.45, 2.75) is 100 Å². The van der Waals surface area contributed by atoms with Crippen LogP contribution in [0.4, 0.5) is 0 Å². The quantitative estimate of drug-likeness (QED) is 0.203. The number of ether oxygens (including phenoxy) is 2. The summed E-state index contributed by atoms with van der Waals surface area (Å²) < 4.78 is 11.4. The van der Waals surface area contributed by atoms with Gasteiger partial charge in [0, 0.05) is 11.5 Å². The molecule has 5 atom stereocenters. The van der Waals surface area contributed by atoms with Crippen molar-refractivity contribution in [1.82, 2.24) is 0 Å². The van der Waals surface area contributed by atoms with Crippen molar-refractivity contribution in [3.63, 3.8) is 0 Å². The van der Waals surface area contributed by atoms with Gasteiger partial charge in [0.25, 0.3) is 0 Å². The molecule has 0 aromatic heterocycles. The number of aliphatic hydroxyl groups is 1. The molecule has 0 spiro atoms. The van der Waals surface area contributed by atoms with E-state index in [1.54, 1.807) is 6.92 Å². The van der Waals surface area contributed by atoms with Gasteiger partial charge in [-0.25, -0.2) is 0 Å². The second-order valence-electron chi connectivity index (χ2n) is 11.9. The summed E-state index contributed by atoms with van der Waals surface area (Å²) in [5.41, 5.74) is 2.14. The number of carbonyl (C=O) groups excluding carboxylic acids is 3. The molecular weight excluding hydrogens is 492 g/mol. The van der Waals surface area contributed by atoms with Crippen LogP contribution in [-0.4, -0.2) is 35.9 Å². The van der Waals surface area contributed by atoms with Crippen LogP contribution >= 0.6 is 0 Å². The van der Waals surface area contributed by atoms with E-state index in [-0.39, 0.29) is 46.6 Å². The number of esters is 1. The lowest BCUT2D eigenvalue weighted by Crippen LogP contribution is -2.48. The lowest BCUT2D eigenvalue weighted by molar-refractivity contribution is -0.141. The normalized spacial score (nSPS) is 24.4. The summed E-state index contributed by atoms with van der Waals surface area (Å²) in [5.74, 6) is -2.21. The maximum atomic E-state index is 14.8. The predicted molar refractivity (Wildman–Crippen MR) is 155 cm³/mol. The second kappa shape index (κ2) is 13.5. The van der Waals surface area contributed by atoms with E-state index in [9.17, 15) is 19.5 Å². The number of Topliss-reactive ketones (excluding diaryl/α,β-unsaturated/α-hetero) is 2. The number of carbonyl (C=O) groups is 3. The summed E-state index contributed by atoms with van der Waals surface area (Å²) in [7, 11) is 1.31. The van der Waals surface area contributed by atoms with Gasteiger partial charge in [-0.15, -0.1) is 0 Å². The molecule has 0 amide bonds. The molecule has 2 aliphatic rings. The Balaban J connectivity index is 2.94. The first-order valence-corrected chi connectivity index (χ1v) is 14.1. The summed E-state index contributed by atoms with van der Waals surface area (Å²) in [4.78, 5) is 41.0. The van der Waals surface area contributed by atoms with E-state index in [0.717, 1.165) is 11.1 Å². The van der Waals surface area contributed by atoms with Crippen LogP contribution in [-0.2, 0) is 23.9 Å². The van der Waals surface area contributed by atoms with Crippen LogP contribution in [0.1, 0.15) is 93.9 Å². The Hall–Kier alpha value is -2.89. The minimum absolute atomic E-state index is 0.0561. The zero-order chi connectivity index (χ0) is 29.7. The monoisotopic (exact) mass is 540 g/mol. The Bertz CT molecular complexity index is 1110. The fourth-order valence-corrected chi connectivity index (χ4v) is 5.53. The highest BCUT2D eigenvalue weighted by molar-refractivity contribution is 6.12. The molecular formula is C33H48O6. The zero-order valence-corrected chi connectivity index (χ0v) is 25.4. The van der Waals surface area contributed by atoms with Crippen molar-refractivity contribution in [2.24, 2.45) is 23.2 Å². The minimum atomic E-state index is -1.22. The lowest BCUT2D eigenvalue weighted by atomic mass is 9.61. The van der Waals surface area contributed by atoms with Gasteiger partial charge < -0.3 is 14.6 Å². The van der Waals surface area contributed by atoms with E-state index < -0.39 is 29.3 Å². The third-order valence-corrected chi connectivity index (χ3v) is 8.15. The molecule has 0 radical (unpaired) electrons. The van der Waals surface area contributed by atoms with Crippen LogP contribution in [0.5, 0.6) is 0 Å². The average Bonchev–Trinajstić information content (AvgIpc) is 2.85. The van der Waals surface area contributed by atoms with Gasteiger partial charge in [-0.05, 0) is 73.1 Å². The molecule has 6 heteroatoms. The molecule has 6 nitrogen and oxygen atoms in total. The van der Waals surface area contributed by atoms with Gasteiger partial charge in [-0.2, -0.15) is 0 Å². The van der Waals surface area contributed by atoms with Crippen molar-refractivity contribution in [3.8, 4) is 0 Å². The molecule has 0 fully saturated rings. The van der Waals surface area contributed by atoms with Gasteiger partial charge in [0.15, 0.2) is 11.6 Å². The third kappa shape index (κ3) is 7.01. The molecule has 0 saturated carbocycles. The van der Waals surface area contributed by atoms with E-state index in [0.29, 0.717) is 32.1 Å². The summed E-state index contributed by atoms with van der Waals surface area (Å²) in [6, 6.07) is 0. The van der Waals surface area contributed by atoms with Crippen molar-refractivity contribution < 1.29 is 29.0 Å². The van der Waals surface area contributed by atoms with Gasteiger partial charge in [-0.3, -0.25) is 14.4 Å². The molecule has 2 rings (SSSR count). The van der Waals surface area contributed by atoms with E-state index in [1.165, 1.54) is 12.7 Å². The van der Waals surface area contributed by atoms with Gasteiger partial charge in [0.2, 0.25) is 0 Å². The lowest BCUT2D eigenvalue weighted by Gasteiger charge is -2.45. The van der Waals surface area contributed by atoms with Crippen molar-refractivity contribution in [2.75, 3.05) is 7.11 Å². The highest BCUT2D eigenvalue weighted by Gasteiger charge is 2.56. The van der Waals surface area contributed by atoms with Gasteiger partial charge in [-0.1, -0.05) is 55.7 Å². The standard InChI is InChI=1S/C33H48O6/c1-11-12-24(17-26(34)38-10)27-30(36)28-29(35)22(8)23(9)39-32(28)33(31(27)37,16-15-20(4)5)18-25(21(6)7)14-13-19(2)3/h13,15,22-25,36H,6,11-12,14,16-18H2,1-5,7-10H3/t22-,23-,24?,25?,33?/m1/s1. The fraction of sp³-hybridized carbons (Fsp3) is 0.606. The van der Waals surface area contributed by atoms with Gasteiger partial charge >= 0.3 is 5.97 Å². The van der Waals surface area contributed by atoms with Crippen molar-refractivity contribution >= 4 is 17.5 Å². The number of methoxy groups -OCH3 is 1. The highest BCUT2D eigenvalue weighted by Crippen LogP contribution is 2.54. The van der Waals surface area contributed by atoms with Crippen LogP contribution in [0.25, 0.3) is 0 Å². The van der Waals surface area contributed by atoms with Gasteiger partial charge in [0.1, 0.15) is 17.6 Å². The topological polar surface area (TPSA) is 89.9 Å². The maximum Gasteiger partial charge on any atom is 0.306 e. The smallest absolute Gasteiger partial charge is 0.306 e. The molecule has 216 valence electrons. The van der Waals surface area contributed by atoms with Gasteiger partial charge in [0.05, 0.1) is 30.4 Å². The Morgan fingerprint density at radius 2 is 1.74 bits per heavy atom. The Kier molecular flexibility index (Phi) is 11.1. The van der Waals surface area contributed by atoms with E-state index in [4.69, 9.17) is 9.47 Å². The minimum Gasteiger partial charge on any atom is -0.507 e. The van der Waals surface area contributed by atoms with Crippen LogP contribution in [0, 0.1) is 23.2 Å². The molecule has 1 N–H and O–H groups in total. The van der Waals surface area contributed by atoms with Crippen LogP contribution in [0.2, 0.25) is 0 Å². The molecule has 1 aliphatic heterocycles. The van der Waals surface area contributed by atoms with E-state index in [1.807, 2.05) is 54.5 Å². The second-order valence-corrected chi connectivity index (χ2v) is 11.9. The summed E-state index contributed by atoms with van der Waals surface area (Å²) in [6.07, 6.45) is 6.19. The predicted octanol–water partition coefficient (Wildman–Crippen LogP) is 7.52. The Labute approximate surface area is 234 Å². The molecule has 1 aliphatic carbocycles. The Morgan fingerprint density at radius 3 is 2.26 bits per heavy atom. The summed E-state index contributed by atoms with van der Waals surface area (Å²) in [6.45, 7) is 19.8. The molecule has 0 aromatic carbocycles. The number of rotatable bonds is 12. The average molecular weight is 541 g/mol. The van der Waals surface area contributed by atoms with Crippen LogP contribution in [0.3, 0.4) is 0 Å². The molecule has 1 heterocycles. The van der Waals surface area contributed by atoms with E-state index in [2.05, 4.69) is 12.7 Å². The molecule has 39 heavy (non-hydrogen) atoms. The largest absolute Gasteiger partial charge is 0.507 e. The highest BCUT2D eigenvalue weighted by atomic mass is 16.5. The van der Waals surface area contributed by atoms with Crippen molar-refractivity contribution in [1.29, 1.82) is 0 Å². The number of ketones is 2. The molecule has 3 unspecified atom stereocenters. The maximum absolute atomic E-state index is 14.8. The first-order valence-electron chi connectivity index (χ1n) is 14.1. The summed E-state index contributed by atoms with van der Waals surface area (Å²) in [5, 5.41) is 11.6. The first kappa shape index (κ1) is 32.3. The number of hydrogen-bond donors (Lipinski definition) is 1. The number of aliphatic hydroxyl groups excluding tert-OH is 1. The molecule has 0 aromatic rings.